The second kappa shape index (κ2) is 7.54. The van der Waals surface area contributed by atoms with Crippen molar-refractivity contribution < 1.29 is 8.95 Å². The van der Waals surface area contributed by atoms with Crippen molar-refractivity contribution in [3.63, 3.8) is 0 Å². The third-order valence-corrected chi connectivity index (χ3v) is 8.25. The second-order valence-corrected chi connectivity index (χ2v) is 10.5. The Morgan fingerprint density at radius 3 is 2.97 bits per heavy atom. The van der Waals surface area contributed by atoms with Crippen LogP contribution < -0.4 is 4.90 Å². The van der Waals surface area contributed by atoms with Gasteiger partial charge in [-0.3, -0.25) is 4.98 Å². The monoisotopic (exact) mass is 410 g/mol. The zero-order valence-electron chi connectivity index (χ0n) is 16.7. The summed E-state index contributed by atoms with van der Waals surface area (Å²) in [5, 5.41) is 0. The number of hydrogen-bond acceptors (Lipinski definition) is 6. The number of pyridine rings is 2. The summed E-state index contributed by atoms with van der Waals surface area (Å²) >= 11 is 0. The maximum absolute atomic E-state index is 13.1. The number of nitrogens with zero attached hydrogens (tertiary/aromatic N) is 4. The quantitative estimate of drug-likeness (QED) is 0.769. The molecule has 1 atom stereocenters. The molecule has 4 heterocycles. The van der Waals surface area contributed by atoms with Gasteiger partial charge in [0.2, 0.25) is 0 Å². The Bertz CT molecular complexity index is 1080. The van der Waals surface area contributed by atoms with Gasteiger partial charge < -0.3 is 9.64 Å². The second-order valence-electron chi connectivity index (χ2n) is 7.99. The van der Waals surface area contributed by atoms with E-state index in [0.29, 0.717) is 30.5 Å². The van der Waals surface area contributed by atoms with Crippen molar-refractivity contribution in [2.45, 2.75) is 32.2 Å². The topological polar surface area (TPSA) is 67.7 Å². The molecule has 3 aliphatic rings. The number of aromatic nitrogens is 2. The van der Waals surface area contributed by atoms with Gasteiger partial charge in [-0.25, -0.2) is 9.19 Å². The molecule has 0 aromatic carbocycles. The first-order valence-corrected chi connectivity index (χ1v) is 12.2. The lowest BCUT2D eigenvalue weighted by Crippen LogP contribution is -2.43. The van der Waals surface area contributed by atoms with Crippen LogP contribution in [0.3, 0.4) is 0 Å². The fraction of sp³-hybridized carbons (Fsp3) is 0.455. The molecule has 0 unspecified atom stereocenters. The third kappa shape index (κ3) is 3.69. The average Bonchev–Trinajstić information content (AvgIpc) is 3.36. The molecule has 5 rings (SSSR count). The van der Waals surface area contributed by atoms with Crippen LogP contribution in [-0.2, 0) is 20.9 Å². The van der Waals surface area contributed by atoms with Gasteiger partial charge in [0.25, 0.3) is 0 Å². The zero-order chi connectivity index (χ0) is 19.8. The van der Waals surface area contributed by atoms with Crippen molar-refractivity contribution in [2.24, 2.45) is 4.36 Å². The molecular weight excluding hydrogens is 384 g/mol. The SMILES string of the molecule is C[C@@H]1COCCN1c1cc(N=S2(=O)CCCC2)nc(-c2ccnc3c2C=CC3)c1. The Morgan fingerprint density at radius 2 is 2.14 bits per heavy atom. The lowest BCUT2D eigenvalue weighted by molar-refractivity contribution is 0.0989. The van der Waals surface area contributed by atoms with Crippen molar-refractivity contribution in [1.82, 2.24) is 9.97 Å². The Hall–Kier alpha value is -2.25. The van der Waals surface area contributed by atoms with Crippen molar-refractivity contribution in [3.8, 4) is 11.3 Å². The number of anilines is 1. The highest BCUT2D eigenvalue weighted by atomic mass is 32.2. The zero-order valence-corrected chi connectivity index (χ0v) is 17.5. The first-order chi connectivity index (χ1) is 14.1. The van der Waals surface area contributed by atoms with Gasteiger partial charge in [-0.15, -0.1) is 0 Å². The van der Waals surface area contributed by atoms with Crippen LogP contribution in [0.4, 0.5) is 11.5 Å². The molecule has 152 valence electrons. The van der Waals surface area contributed by atoms with E-state index >= 15 is 0 Å². The molecule has 0 radical (unpaired) electrons. The fourth-order valence-electron chi connectivity index (χ4n) is 4.36. The van der Waals surface area contributed by atoms with Gasteiger partial charge in [-0.2, -0.15) is 4.36 Å². The molecule has 2 aliphatic heterocycles. The van der Waals surface area contributed by atoms with E-state index in [1.165, 1.54) is 0 Å². The van der Waals surface area contributed by atoms with E-state index in [-0.39, 0.29) is 6.04 Å². The van der Waals surface area contributed by atoms with Crippen molar-refractivity contribution >= 4 is 27.3 Å². The lowest BCUT2D eigenvalue weighted by Gasteiger charge is -2.35. The van der Waals surface area contributed by atoms with Gasteiger partial charge in [0.05, 0.1) is 34.3 Å². The summed E-state index contributed by atoms with van der Waals surface area (Å²) in [6.07, 6.45) is 8.93. The average molecular weight is 411 g/mol. The van der Waals surface area contributed by atoms with Crippen LogP contribution in [0, 0.1) is 0 Å². The van der Waals surface area contributed by atoms with E-state index in [2.05, 4.69) is 39.4 Å². The standard InChI is InChI=1S/C22H26N4O2S/c1-16-15-28-10-9-26(16)17-13-21(19-7-8-23-20-6-4-5-18(19)20)24-22(14-17)25-29(27)11-2-3-12-29/h4-5,7-8,13-14,16H,2-3,6,9-12,15H2,1H3/t16-/m1/s1. The summed E-state index contributed by atoms with van der Waals surface area (Å²) < 4.78 is 23.4. The maximum atomic E-state index is 13.1. The summed E-state index contributed by atoms with van der Waals surface area (Å²) in [6, 6.07) is 6.41. The normalized spacial score (nSPS) is 22.7. The molecule has 6 nitrogen and oxygen atoms in total. The highest BCUT2D eigenvalue weighted by Crippen LogP contribution is 2.34. The predicted molar refractivity (Wildman–Crippen MR) is 117 cm³/mol. The Balaban J connectivity index is 1.66. The van der Waals surface area contributed by atoms with E-state index in [1.54, 1.807) is 0 Å². The summed E-state index contributed by atoms with van der Waals surface area (Å²) in [5.41, 5.74) is 5.20. The molecule has 0 N–H and O–H groups in total. The van der Waals surface area contributed by atoms with Crippen LogP contribution in [0.5, 0.6) is 0 Å². The van der Waals surface area contributed by atoms with Crippen LogP contribution in [0.15, 0.2) is 34.8 Å². The number of morpholine rings is 1. The molecule has 1 aliphatic carbocycles. The smallest absolute Gasteiger partial charge is 0.164 e. The summed E-state index contributed by atoms with van der Waals surface area (Å²) in [5.74, 6) is 1.93. The molecule has 2 aromatic heterocycles. The van der Waals surface area contributed by atoms with Gasteiger partial charge in [0, 0.05) is 59.6 Å². The van der Waals surface area contributed by atoms with E-state index in [4.69, 9.17) is 9.72 Å². The van der Waals surface area contributed by atoms with Crippen LogP contribution in [0.2, 0.25) is 0 Å². The van der Waals surface area contributed by atoms with Crippen LogP contribution in [-0.4, -0.2) is 51.5 Å². The Morgan fingerprint density at radius 1 is 1.28 bits per heavy atom. The summed E-state index contributed by atoms with van der Waals surface area (Å²) in [7, 11) is -2.19. The molecule has 0 amide bonds. The third-order valence-electron chi connectivity index (χ3n) is 5.88. The van der Waals surface area contributed by atoms with Crippen molar-refractivity contribution in [2.75, 3.05) is 36.2 Å². The Kier molecular flexibility index (Phi) is 4.87. The highest BCUT2D eigenvalue weighted by Gasteiger charge is 2.23. The molecule has 7 heteroatoms. The largest absolute Gasteiger partial charge is 0.377 e. The van der Waals surface area contributed by atoms with Gasteiger partial charge in [0.1, 0.15) is 0 Å². The van der Waals surface area contributed by atoms with E-state index in [9.17, 15) is 4.21 Å². The Labute approximate surface area is 172 Å². The molecule has 0 spiro atoms. The molecule has 0 saturated carbocycles. The van der Waals surface area contributed by atoms with Crippen LogP contribution >= 0.6 is 0 Å². The minimum atomic E-state index is -2.19. The van der Waals surface area contributed by atoms with Crippen LogP contribution in [0.25, 0.3) is 17.3 Å². The maximum Gasteiger partial charge on any atom is 0.164 e. The van der Waals surface area contributed by atoms with E-state index < -0.39 is 9.73 Å². The number of ether oxygens (including phenoxy) is 1. The van der Waals surface area contributed by atoms with Crippen molar-refractivity contribution in [3.05, 3.63) is 41.7 Å². The number of hydrogen-bond donors (Lipinski definition) is 0. The summed E-state index contributed by atoms with van der Waals surface area (Å²) in [6.45, 7) is 4.40. The minimum Gasteiger partial charge on any atom is -0.377 e. The molecule has 0 bridgehead atoms. The number of allylic oxidation sites excluding steroid dienone is 1. The number of rotatable bonds is 3. The van der Waals surface area contributed by atoms with Gasteiger partial charge >= 0.3 is 0 Å². The molecular formula is C22H26N4O2S. The molecule has 2 fully saturated rings. The summed E-state index contributed by atoms with van der Waals surface area (Å²) in [4.78, 5) is 11.7. The molecule has 2 saturated heterocycles. The molecule has 29 heavy (non-hydrogen) atoms. The highest BCUT2D eigenvalue weighted by molar-refractivity contribution is 7.93. The first-order valence-electron chi connectivity index (χ1n) is 10.4. The van der Waals surface area contributed by atoms with E-state index in [0.717, 1.165) is 54.0 Å². The number of fused-ring (bicyclic) bond motifs is 1. The van der Waals surface area contributed by atoms with Crippen LogP contribution in [0.1, 0.15) is 31.0 Å². The lowest BCUT2D eigenvalue weighted by atomic mass is 10.0. The van der Waals surface area contributed by atoms with Gasteiger partial charge in [-0.05, 0) is 31.9 Å². The molecule has 2 aromatic rings. The van der Waals surface area contributed by atoms with Crippen molar-refractivity contribution in [1.29, 1.82) is 0 Å². The van der Waals surface area contributed by atoms with Gasteiger partial charge in [-0.1, -0.05) is 12.2 Å². The first kappa shape index (κ1) is 18.8. The van der Waals surface area contributed by atoms with Gasteiger partial charge in [0.15, 0.2) is 5.82 Å². The predicted octanol–water partition coefficient (Wildman–Crippen LogP) is 3.83. The minimum absolute atomic E-state index is 0.273. The van der Waals surface area contributed by atoms with E-state index in [1.807, 2.05) is 18.3 Å². The fourth-order valence-corrected chi connectivity index (χ4v) is 6.49.